The van der Waals surface area contributed by atoms with Crippen LogP contribution in [0.1, 0.15) is 58.0 Å². The Labute approximate surface area is 125 Å². The lowest BCUT2D eigenvalue weighted by atomic mass is 9.84. The highest BCUT2D eigenvalue weighted by Gasteiger charge is 2.24. The molecule has 0 fully saturated rings. The molecule has 0 aliphatic heterocycles. The highest BCUT2D eigenvalue weighted by molar-refractivity contribution is 5.78. The van der Waals surface area contributed by atoms with Crippen LogP contribution >= 0.6 is 0 Å². The third-order valence-electron chi connectivity index (χ3n) is 3.68. The van der Waals surface area contributed by atoms with Crippen molar-refractivity contribution in [1.29, 1.82) is 0 Å². The van der Waals surface area contributed by atoms with Gasteiger partial charge in [0.1, 0.15) is 5.82 Å². The highest BCUT2D eigenvalue weighted by Crippen LogP contribution is 2.33. The molecule has 2 rings (SSSR count). The van der Waals surface area contributed by atoms with Crippen molar-refractivity contribution in [2.45, 2.75) is 53.1 Å². The van der Waals surface area contributed by atoms with Crippen molar-refractivity contribution >= 4 is 10.9 Å². The number of fused-ring (bicyclic) bond motifs is 1. The number of unbranched alkanes of at least 4 members (excludes halogenated alkanes) is 1. The lowest BCUT2D eigenvalue weighted by molar-refractivity contribution is 0.0628. The smallest absolute Gasteiger partial charge is 0.258 e. The third kappa shape index (κ3) is 3.50. The van der Waals surface area contributed by atoms with Crippen LogP contribution in [0.2, 0.25) is 0 Å². The molecule has 0 saturated heterocycles. The molecule has 0 spiro atoms. The molecular formula is C17H24N2O2. The molecule has 0 bridgehead atoms. The lowest BCUT2D eigenvalue weighted by Gasteiger charge is -2.26. The van der Waals surface area contributed by atoms with E-state index in [4.69, 9.17) is 0 Å². The fraction of sp³-hybridized carbons (Fsp3) is 0.529. The van der Waals surface area contributed by atoms with E-state index in [2.05, 4.69) is 16.9 Å². The van der Waals surface area contributed by atoms with Crippen LogP contribution in [0.15, 0.2) is 23.0 Å². The maximum Gasteiger partial charge on any atom is 0.258 e. The molecule has 2 N–H and O–H groups in total. The molecule has 0 aliphatic rings. The Bertz CT molecular complexity index is 683. The van der Waals surface area contributed by atoms with E-state index in [1.165, 1.54) is 0 Å². The number of aromatic nitrogens is 2. The van der Waals surface area contributed by atoms with Crippen molar-refractivity contribution in [3.8, 4) is 0 Å². The summed E-state index contributed by atoms with van der Waals surface area (Å²) >= 11 is 0. The predicted octanol–water partition coefficient (Wildman–Crippen LogP) is 3.35. The number of benzene rings is 1. The number of H-pyrrole nitrogens is 1. The lowest BCUT2D eigenvalue weighted by Crippen LogP contribution is -2.18. The van der Waals surface area contributed by atoms with Crippen molar-refractivity contribution in [3.63, 3.8) is 0 Å². The first-order valence-electron chi connectivity index (χ1n) is 7.54. The van der Waals surface area contributed by atoms with E-state index >= 15 is 0 Å². The summed E-state index contributed by atoms with van der Waals surface area (Å²) in [7, 11) is 0. The zero-order valence-corrected chi connectivity index (χ0v) is 13.2. The number of hydrogen-bond donors (Lipinski definition) is 2. The Balaban J connectivity index is 2.45. The van der Waals surface area contributed by atoms with Gasteiger partial charge in [-0.25, -0.2) is 4.98 Å². The minimum Gasteiger partial charge on any atom is -0.388 e. The van der Waals surface area contributed by atoms with E-state index in [0.717, 1.165) is 30.7 Å². The fourth-order valence-electron chi connectivity index (χ4n) is 2.34. The van der Waals surface area contributed by atoms with Gasteiger partial charge in [-0.3, -0.25) is 4.79 Å². The van der Waals surface area contributed by atoms with Crippen LogP contribution in [0, 0.1) is 5.41 Å². The Hall–Kier alpha value is -1.68. The van der Waals surface area contributed by atoms with Gasteiger partial charge in [0.2, 0.25) is 0 Å². The molecule has 1 aromatic carbocycles. The number of hydrogen-bond acceptors (Lipinski definition) is 3. The highest BCUT2D eigenvalue weighted by atomic mass is 16.3. The Morgan fingerprint density at radius 1 is 1.33 bits per heavy atom. The first-order valence-corrected chi connectivity index (χ1v) is 7.54. The average Bonchev–Trinajstić information content (AvgIpc) is 2.43. The summed E-state index contributed by atoms with van der Waals surface area (Å²) in [4.78, 5) is 19.6. The van der Waals surface area contributed by atoms with E-state index in [9.17, 15) is 9.90 Å². The first kappa shape index (κ1) is 15.7. The van der Waals surface area contributed by atoms with Crippen LogP contribution in [0.5, 0.6) is 0 Å². The number of aliphatic hydroxyl groups excluding tert-OH is 1. The third-order valence-corrected chi connectivity index (χ3v) is 3.68. The van der Waals surface area contributed by atoms with E-state index in [0.29, 0.717) is 10.9 Å². The summed E-state index contributed by atoms with van der Waals surface area (Å²) in [5.74, 6) is 0.735. The number of nitrogens with one attached hydrogen (secondary N) is 1. The van der Waals surface area contributed by atoms with Crippen molar-refractivity contribution in [1.82, 2.24) is 9.97 Å². The SMILES string of the molecule is CCCCc1nc2ccc(C(O)C(C)(C)C)cc2c(=O)[nH]1. The average molecular weight is 288 g/mol. The monoisotopic (exact) mass is 288 g/mol. The maximum atomic E-state index is 12.2. The summed E-state index contributed by atoms with van der Waals surface area (Å²) in [6, 6.07) is 5.43. The molecule has 1 atom stereocenters. The van der Waals surface area contributed by atoms with Gasteiger partial charge in [-0.2, -0.15) is 0 Å². The van der Waals surface area contributed by atoms with Gasteiger partial charge in [-0.15, -0.1) is 0 Å². The fourth-order valence-corrected chi connectivity index (χ4v) is 2.34. The predicted molar refractivity (Wildman–Crippen MR) is 85.4 cm³/mol. The second-order valence-electron chi connectivity index (χ2n) is 6.66. The molecule has 0 saturated carbocycles. The van der Waals surface area contributed by atoms with Gasteiger partial charge in [0.15, 0.2) is 0 Å². The minimum absolute atomic E-state index is 0.130. The minimum atomic E-state index is -0.610. The first-order chi connectivity index (χ1) is 9.82. The molecule has 4 heteroatoms. The zero-order chi connectivity index (χ0) is 15.6. The van der Waals surface area contributed by atoms with Crippen molar-refractivity contribution in [3.05, 3.63) is 39.9 Å². The molecule has 0 aliphatic carbocycles. The molecule has 1 heterocycles. The molecule has 0 amide bonds. The van der Waals surface area contributed by atoms with Crippen molar-refractivity contribution in [2.24, 2.45) is 5.41 Å². The zero-order valence-electron chi connectivity index (χ0n) is 13.2. The number of aliphatic hydroxyl groups is 1. The summed E-state index contributed by atoms with van der Waals surface area (Å²) in [6.07, 6.45) is 2.25. The van der Waals surface area contributed by atoms with E-state index in [1.54, 1.807) is 6.07 Å². The Kier molecular flexibility index (Phi) is 4.47. The maximum absolute atomic E-state index is 12.2. The topological polar surface area (TPSA) is 66.0 Å². The second-order valence-corrected chi connectivity index (χ2v) is 6.66. The molecule has 114 valence electrons. The van der Waals surface area contributed by atoms with E-state index in [-0.39, 0.29) is 11.0 Å². The summed E-state index contributed by atoms with van der Waals surface area (Å²) in [5, 5.41) is 10.9. The largest absolute Gasteiger partial charge is 0.388 e. The number of rotatable bonds is 4. The van der Waals surface area contributed by atoms with Gasteiger partial charge in [-0.05, 0) is 29.5 Å². The van der Waals surface area contributed by atoms with Gasteiger partial charge in [-0.1, -0.05) is 40.2 Å². The second kappa shape index (κ2) is 5.98. The summed E-state index contributed by atoms with van der Waals surface area (Å²) in [5.41, 5.74) is 1.04. The Morgan fingerprint density at radius 2 is 2.05 bits per heavy atom. The van der Waals surface area contributed by atoms with Crippen LogP contribution in [0.3, 0.4) is 0 Å². The van der Waals surface area contributed by atoms with Gasteiger partial charge < -0.3 is 10.1 Å². The van der Waals surface area contributed by atoms with Crippen LogP contribution in [0.4, 0.5) is 0 Å². The molecular weight excluding hydrogens is 264 g/mol. The quantitative estimate of drug-likeness (QED) is 0.906. The van der Waals surface area contributed by atoms with Gasteiger partial charge in [0.25, 0.3) is 5.56 Å². The van der Waals surface area contributed by atoms with Gasteiger partial charge >= 0.3 is 0 Å². The molecule has 21 heavy (non-hydrogen) atoms. The summed E-state index contributed by atoms with van der Waals surface area (Å²) < 4.78 is 0. The number of aromatic amines is 1. The number of aryl methyl sites for hydroxylation is 1. The van der Waals surface area contributed by atoms with E-state index < -0.39 is 6.10 Å². The van der Waals surface area contributed by atoms with Crippen molar-refractivity contribution < 1.29 is 5.11 Å². The van der Waals surface area contributed by atoms with Crippen molar-refractivity contribution in [2.75, 3.05) is 0 Å². The number of nitrogens with zero attached hydrogens (tertiary/aromatic N) is 1. The Morgan fingerprint density at radius 3 is 2.67 bits per heavy atom. The van der Waals surface area contributed by atoms with E-state index in [1.807, 2.05) is 32.9 Å². The molecule has 0 radical (unpaired) electrons. The van der Waals surface area contributed by atoms with Crippen LogP contribution < -0.4 is 5.56 Å². The molecule has 4 nitrogen and oxygen atoms in total. The van der Waals surface area contributed by atoms with Crippen LogP contribution in [0.25, 0.3) is 10.9 Å². The standard InChI is InChI=1S/C17H24N2O2/c1-5-6-7-14-18-13-9-8-11(15(20)17(2,3)4)10-12(13)16(21)19-14/h8-10,15,20H,5-7H2,1-4H3,(H,18,19,21). The van der Waals surface area contributed by atoms with Crippen LogP contribution in [-0.2, 0) is 6.42 Å². The summed E-state index contributed by atoms with van der Waals surface area (Å²) in [6.45, 7) is 8.02. The van der Waals surface area contributed by atoms with Crippen LogP contribution in [-0.4, -0.2) is 15.1 Å². The van der Waals surface area contributed by atoms with Gasteiger partial charge in [0.05, 0.1) is 17.0 Å². The van der Waals surface area contributed by atoms with Gasteiger partial charge in [0, 0.05) is 6.42 Å². The molecule has 1 aromatic heterocycles. The molecule has 1 unspecified atom stereocenters. The molecule has 2 aromatic rings. The normalized spacial score (nSPS) is 13.6.